The molecule has 6 heteroatoms. The molecule has 1 heterocycles. The average molecular weight is 398 g/mol. The third-order valence-corrected chi connectivity index (χ3v) is 4.91. The number of rotatable bonds is 7. The molecule has 1 aromatic heterocycles. The molecule has 0 aliphatic heterocycles. The molecule has 28 heavy (non-hydrogen) atoms. The minimum atomic E-state index is -0.230. The highest BCUT2D eigenvalue weighted by Crippen LogP contribution is 2.21. The molecule has 3 aromatic rings. The van der Waals surface area contributed by atoms with Gasteiger partial charge in [-0.05, 0) is 36.6 Å². The van der Waals surface area contributed by atoms with Crippen LogP contribution in [0.25, 0.3) is 0 Å². The van der Waals surface area contributed by atoms with Gasteiger partial charge in [0.25, 0.3) is 5.91 Å². The third kappa shape index (κ3) is 4.73. The van der Waals surface area contributed by atoms with Crippen molar-refractivity contribution in [2.45, 2.75) is 33.4 Å². The van der Waals surface area contributed by atoms with E-state index < -0.39 is 0 Å². The Bertz CT molecular complexity index is 947. The van der Waals surface area contributed by atoms with Gasteiger partial charge in [-0.3, -0.25) is 9.48 Å². The van der Waals surface area contributed by atoms with Gasteiger partial charge in [0.2, 0.25) is 0 Å². The van der Waals surface area contributed by atoms with Gasteiger partial charge >= 0.3 is 0 Å². The molecule has 1 N–H and O–H groups in total. The molecule has 0 radical (unpaired) electrons. The van der Waals surface area contributed by atoms with Crippen LogP contribution in [0.2, 0.25) is 5.02 Å². The predicted octanol–water partition coefficient (Wildman–Crippen LogP) is 4.45. The zero-order chi connectivity index (χ0) is 20.1. The van der Waals surface area contributed by atoms with Crippen LogP contribution in [-0.4, -0.2) is 15.7 Å². The summed E-state index contributed by atoms with van der Waals surface area (Å²) in [6, 6.07) is 16.0. The quantitative estimate of drug-likeness (QED) is 0.640. The summed E-state index contributed by atoms with van der Waals surface area (Å²) in [6.07, 6.45) is 0.687. The third-order valence-electron chi connectivity index (χ3n) is 4.51. The van der Waals surface area contributed by atoms with Crippen LogP contribution >= 0.6 is 11.6 Å². The van der Waals surface area contributed by atoms with Gasteiger partial charge in [0.05, 0.1) is 10.7 Å². The maximum Gasteiger partial charge on any atom is 0.271 e. The number of aryl methyl sites for hydroxylation is 3. The number of nitrogens with one attached hydrogen (secondary N) is 1. The predicted molar refractivity (Wildman–Crippen MR) is 111 cm³/mol. The fourth-order valence-electron chi connectivity index (χ4n) is 2.85. The van der Waals surface area contributed by atoms with E-state index in [9.17, 15) is 4.79 Å². The number of carbonyl (C=O) groups is 1. The molecule has 0 fully saturated rings. The van der Waals surface area contributed by atoms with Crippen molar-refractivity contribution < 1.29 is 9.53 Å². The fourth-order valence-corrected chi connectivity index (χ4v) is 3.23. The van der Waals surface area contributed by atoms with Crippen molar-refractivity contribution in [3.05, 3.63) is 81.6 Å². The highest BCUT2D eigenvalue weighted by molar-refractivity contribution is 6.34. The Kier molecular flexibility index (Phi) is 6.37. The van der Waals surface area contributed by atoms with E-state index in [1.165, 1.54) is 10.2 Å². The average Bonchev–Trinajstić information content (AvgIpc) is 3.00. The van der Waals surface area contributed by atoms with Crippen molar-refractivity contribution in [2.75, 3.05) is 0 Å². The van der Waals surface area contributed by atoms with Crippen molar-refractivity contribution in [1.29, 1.82) is 0 Å². The van der Waals surface area contributed by atoms with Crippen LogP contribution in [0.15, 0.2) is 48.5 Å². The summed E-state index contributed by atoms with van der Waals surface area (Å²) in [5.41, 5.74) is 4.39. The number of aromatic nitrogens is 2. The Balaban J connectivity index is 1.55. The minimum absolute atomic E-state index is 0.230. The smallest absolute Gasteiger partial charge is 0.271 e. The zero-order valence-electron chi connectivity index (χ0n) is 16.3. The lowest BCUT2D eigenvalue weighted by Gasteiger charge is -2.09. The van der Waals surface area contributed by atoms with Gasteiger partial charge in [0.15, 0.2) is 0 Å². The number of ether oxygens (including phenoxy) is 1. The second-order valence-corrected chi connectivity index (χ2v) is 7.07. The highest BCUT2D eigenvalue weighted by Gasteiger charge is 2.19. The maximum absolute atomic E-state index is 12.5. The Morgan fingerprint density at radius 2 is 1.75 bits per heavy atom. The Hall–Kier alpha value is -2.79. The summed E-state index contributed by atoms with van der Waals surface area (Å²) in [6.45, 7) is 4.92. The molecule has 0 saturated heterocycles. The second kappa shape index (κ2) is 8.93. The number of hydrogen-bond donors (Lipinski definition) is 1. The van der Waals surface area contributed by atoms with Gasteiger partial charge < -0.3 is 10.1 Å². The molecular formula is C22H24ClN3O2. The lowest BCUT2D eigenvalue weighted by Crippen LogP contribution is -2.25. The number of carbonyl (C=O) groups excluding carboxylic acids is 1. The van der Waals surface area contributed by atoms with E-state index in [0.717, 1.165) is 22.6 Å². The molecule has 0 aliphatic carbocycles. The van der Waals surface area contributed by atoms with Gasteiger partial charge in [-0.25, -0.2) is 0 Å². The number of benzene rings is 2. The van der Waals surface area contributed by atoms with Gasteiger partial charge in [-0.1, -0.05) is 60.5 Å². The highest BCUT2D eigenvalue weighted by atomic mass is 35.5. The number of hydrogen-bond acceptors (Lipinski definition) is 3. The topological polar surface area (TPSA) is 56.2 Å². The van der Waals surface area contributed by atoms with E-state index in [-0.39, 0.29) is 5.91 Å². The van der Waals surface area contributed by atoms with Crippen molar-refractivity contribution in [1.82, 2.24) is 15.1 Å². The Morgan fingerprint density at radius 1 is 1.11 bits per heavy atom. The molecule has 146 valence electrons. The Labute approximate surface area is 170 Å². The van der Waals surface area contributed by atoms with E-state index in [0.29, 0.717) is 30.3 Å². The summed E-state index contributed by atoms with van der Waals surface area (Å²) >= 11 is 6.26. The van der Waals surface area contributed by atoms with E-state index in [4.69, 9.17) is 16.3 Å². The monoisotopic (exact) mass is 397 g/mol. The maximum atomic E-state index is 12.5. The van der Waals surface area contributed by atoms with Crippen LogP contribution in [0.1, 0.15) is 39.8 Å². The van der Waals surface area contributed by atoms with Crippen LogP contribution < -0.4 is 10.1 Å². The molecule has 0 bridgehead atoms. The molecule has 0 atom stereocenters. The zero-order valence-corrected chi connectivity index (χ0v) is 17.1. The van der Waals surface area contributed by atoms with E-state index >= 15 is 0 Å². The first-order valence-electron chi connectivity index (χ1n) is 9.24. The van der Waals surface area contributed by atoms with E-state index in [1.807, 2.05) is 62.4 Å². The summed E-state index contributed by atoms with van der Waals surface area (Å²) in [5.74, 6) is 0.618. The lowest BCUT2D eigenvalue weighted by molar-refractivity contribution is 0.0941. The number of amides is 1. The minimum Gasteiger partial charge on any atom is -0.489 e. The van der Waals surface area contributed by atoms with Crippen LogP contribution in [0.5, 0.6) is 5.75 Å². The van der Waals surface area contributed by atoms with Crippen LogP contribution in [0.3, 0.4) is 0 Å². The summed E-state index contributed by atoms with van der Waals surface area (Å²) in [4.78, 5) is 12.5. The summed E-state index contributed by atoms with van der Waals surface area (Å²) < 4.78 is 7.32. The molecule has 0 spiro atoms. The largest absolute Gasteiger partial charge is 0.489 e. The molecule has 0 saturated carbocycles. The van der Waals surface area contributed by atoms with Crippen LogP contribution in [0, 0.1) is 6.92 Å². The number of halogens is 1. The lowest BCUT2D eigenvalue weighted by atomic mass is 10.1. The van der Waals surface area contributed by atoms with Crippen molar-refractivity contribution in [3.63, 3.8) is 0 Å². The first-order chi connectivity index (χ1) is 13.5. The molecule has 5 nitrogen and oxygen atoms in total. The Morgan fingerprint density at radius 3 is 2.36 bits per heavy atom. The van der Waals surface area contributed by atoms with Crippen molar-refractivity contribution in [2.24, 2.45) is 7.05 Å². The molecule has 0 unspecified atom stereocenters. The van der Waals surface area contributed by atoms with E-state index in [1.54, 1.807) is 7.05 Å². The fraction of sp³-hybridized carbons (Fsp3) is 0.273. The van der Waals surface area contributed by atoms with Crippen molar-refractivity contribution >= 4 is 17.5 Å². The molecular weight excluding hydrogens is 374 g/mol. The first kappa shape index (κ1) is 20.0. The van der Waals surface area contributed by atoms with Crippen LogP contribution in [0.4, 0.5) is 0 Å². The molecule has 2 aromatic carbocycles. The molecule has 3 rings (SSSR count). The van der Waals surface area contributed by atoms with Crippen LogP contribution in [-0.2, 0) is 26.6 Å². The van der Waals surface area contributed by atoms with Gasteiger partial charge in [0.1, 0.15) is 18.1 Å². The summed E-state index contributed by atoms with van der Waals surface area (Å²) in [5, 5.41) is 7.60. The number of nitrogens with zero attached hydrogens (tertiary/aromatic N) is 2. The van der Waals surface area contributed by atoms with Gasteiger partial charge in [0, 0.05) is 13.6 Å². The second-order valence-electron chi connectivity index (χ2n) is 6.69. The standard InChI is InChI=1S/C22H24ClN3O2/c1-4-19-20(23)21(26(3)25-19)22(27)24-13-16-7-9-17(10-8-16)14-28-18-11-5-15(2)6-12-18/h5-12H,4,13-14H2,1-3H3,(H,24,27). The molecule has 0 aliphatic rings. The van der Waals surface area contributed by atoms with Gasteiger partial charge in [-0.15, -0.1) is 0 Å². The first-order valence-corrected chi connectivity index (χ1v) is 9.62. The van der Waals surface area contributed by atoms with Gasteiger partial charge in [-0.2, -0.15) is 5.10 Å². The SMILES string of the molecule is CCc1nn(C)c(C(=O)NCc2ccc(COc3ccc(C)cc3)cc2)c1Cl. The summed E-state index contributed by atoms with van der Waals surface area (Å²) in [7, 11) is 1.72. The molecule has 1 amide bonds. The normalized spacial score (nSPS) is 10.7. The van der Waals surface area contributed by atoms with E-state index in [2.05, 4.69) is 10.4 Å². The van der Waals surface area contributed by atoms with Crippen molar-refractivity contribution in [3.8, 4) is 5.75 Å².